The van der Waals surface area contributed by atoms with Crippen molar-refractivity contribution < 1.29 is 5.11 Å². The van der Waals surface area contributed by atoms with Gasteiger partial charge in [-0.25, -0.2) is 0 Å². The quantitative estimate of drug-likeness (QED) is 0.835. The molecular weight excluding hydrogens is 258 g/mol. The Morgan fingerprint density at radius 1 is 1.26 bits per heavy atom. The summed E-state index contributed by atoms with van der Waals surface area (Å²) in [5.41, 5.74) is 6.82. The molecule has 3 heteroatoms. The molecule has 0 spiro atoms. The lowest BCUT2D eigenvalue weighted by Gasteiger charge is -2.24. The maximum Gasteiger partial charge on any atom is 0.0621 e. The van der Waals surface area contributed by atoms with E-state index in [-0.39, 0.29) is 12.0 Å². The molecule has 1 saturated carbocycles. The van der Waals surface area contributed by atoms with E-state index in [2.05, 4.69) is 0 Å². The van der Waals surface area contributed by atoms with E-state index in [1.54, 1.807) is 0 Å². The van der Waals surface area contributed by atoms with Gasteiger partial charge in [-0.1, -0.05) is 55.5 Å². The maximum absolute atomic E-state index is 10.4. The van der Waals surface area contributed by atoms with Crippen molar-refractivity contribution in [1.29, 1.82) is 0 Å². The lowest BCUT2D eigenvalue weighted by Crippen LogP contribution is -2.26. The number of halogens is 1. The Bertz CT molecular complexity index is 390. The lowest BCUT2D eigenvalue weighted by molar-refractivity contribution is 0.127. The van der Waals surface area contributed by atoms with E-state index in [1.807, 2.05) is 24.3 Å². The van der Waals surface area contributed by atoms with Crippen LogP contribution >= 0.6 is 11.6 Å². The minimum absolute atomic E-state index is 0.0462. The Hall–Kier alpha value is -0.570. The zero-order chi connectivity index (χ0) is 13.7. The zero-order valence-corrected chi connectivity index (χ0v) is 12.1. The molecule has 1 fully saturated rings. The Balaban J connectivity index is 1.94. The highest BCUT2D eigenvalue weighted by atomic mass is 35.5. The Morgan fingerprint density at radius 3 is 2.58 bits per heavy atom. The Kier molecular flexibility index (Phi) is 5.68. The van der Waals surface area contributed by atoms with E-state index in [9.17, 15) is 5.11 Å². The number of hydrogen-bond acceptors (Lipinski definition) is 2. The lowest BCUT2D eigenvalue weighted by atomic mass is 9.88. The van der Waals surface area contributed by atoms with Crippen molar-refractivity contribution in [1.82, 2.24) is 0 Å². The van der Waals surface area contributed by atoms with E-state index in [1.165, 1.54) is 25.7 Å². The average molecular weight is 282 g/mol. The first-order valence-electron chi connectivity index (χ1n) is 7.35. The van der Waals surface area contributed by atoms with Crippen molar-refractivity contribution in [3.05, 3.63) is 34.9 Å². The van der Waals surface area contributed by atoms with Crippen LogP contribution < -0.4 is 5.73 Å². The molecule has 0 aromatic heterocycles. The molecule has 0 amide bonds. The molecular formula is C16H24ClNO. The van der Waals surface area contributed by atoms with Gasteiger partial charge in [-0.15, -0.1) is 0 Å². The van der Waals surface area contributed by atoms with Crippen LogP contribution in [0.1, 0.15) is 50.0 Å². The van der Waals surface area contributed by atoms with Crippen LogP contribution in [0.2, 0.25) is 5.02 Å². The fourth-order valence-corrected chi connectivity index (χ4v) is 3.45. The van der Waals surface area contributed by atoms with Crippen LogP contribution in [-0.2, 0) is 0 Å². The summed E-state index contributed by atoms with van der Waals surface area (Å²) in [6, 6.07) is 7.69. The molecule has 106 valence electrons. The molecule has 2 unspecified atom stereocenters. The third kappa shape index (κ3) is 3.95. The molecule has 0 aliphatic heterocycles. The second kappa shape index (κ2) is 7.28. The molecule has 19 heavy (non-hydrogen) atoms. The minimum Gasteiger partial charge on any atom is -0.392 e. The van der Waals surface area contributed by atoms with Crippen LogP contribution in [0.15, 0.2) is 24.3 Å². The second-order valence-corrected chi connectivity index (χ2v) is 6.07. The maximum atomic E-state index is 10.4. The van der Waals surface area contributed by atoms with Crippen LogP contribution in [0.5, 0.6) is 0 Å². The molecule has 2 atom stereocenters. The SMILES string of the molecule is NCC(c1ccccc1Cl)C(O)CCC1CCCC1. The summed E-state index contributed by atoms with van der Waals surface area (Å²) in [5, 5.41) is 11.1. The summed E-state index contributed by atoms with van der Waals surface area (Å²) in [5.74, 6) is 0.759. The van der Waals surface area contributed by atoms with Gasteiger partial charge in [0.15, 0.2) is 0 Å². The van der Waals surface area contributed by atoms with Gasteiger partial charge in [-0.3, -0.25) is 0 Å². The summed E-state index contributed by atoms with van der Waals surface area (Å²) in [7, 11) is 0. The first-order chi connectivity index (χ1) is 9.22. The molecule has 1 aliphatic rings. The molecule has 0 saturated heterocycles. The highest BCUT2D eigenvalue weighted by molar-refractivity contribution is 6.31. The second-order valence-electron chi connectivity index (χ2n) is 5.66. The summed E-state index contributed by atoms with van der Waals surface area (Å²) < 4.78 is 0. The number of hydrogen-bond donors (Lipinski definition) is 2. The fraction of sp³-hybridized carbons (Fsp3) is 0.625. The van der Waals surface area contributed by atoms with Gasteiger partial charge in [-0.05, 0) is 30.4 Å². The van der Waals surface area contributed by atoms with Crippen LogP contribution in [0, 0.1) is 5.92 Å². The molecule has 0 bridgehead atoms. The number of aliphatic hydroxyl groups excluding tert-OH is 1. The van der Waals surface area contributed by atoms with E-state index in [0.717, 1.165) is 24.3 Å². The molecule has 1 aromatic carbocycles. The molecule has 3 N–H and O–H groups in total. The highest BCUT2D eigenvalue weighted by Gasteiger charge is 2.23. The topological polar surface area (TPSA) is 46.2 Å². The molecule has 2 rings (SSSR count). The smallest absolute Gasteiger partial charge is 0.0621 e. The van der Waals surface area contributed by atoms with Gasteiger partial charge in [-0.2, -0.15) is 0 Å². The zero-order valence-electron chi connectivity index (χ0n) is 11.4. The van der Waals surface area contributed by atoms with Gasteiger partial charge in [0.1, 0.15) is 0 Å². The Labute approximate surface area is 121 Å². The van der Waals surface area contributed by atoms with Gasteiger partial charge < -0.3 is 10.8 Å². The normalized spacial score (nSPS) is 19.5. The van der Waals surface area contributed by atoms with Crippen molar-refractivity contribution in [3.8, 4) is 0 Å². The Morgan fingerprint density at radius 2 is 1.95 bits per heavy atom. The van der Waals surface area contributed by atoms with E-state index >= 15 is 0 Å². The third-order valence-corrected chi connectivity index (χ3v) is 4.71. The van der Waals surface area contributed by atoms with Crippen LogP contribution in [0.25, 0.3) is 0 Å². The van der Waals surface area contributed by atoms with Gasteiger partial charge in [0.05, 0.1) is 6.10 Å². The van der Waals surface area contributed by atoms with Crippen LogP contribution in [-0.4, -0.2) is 17.8 Å². The molecule has 1 aromatic rings. The van der Waals surface area contributed by atoms with Crippen LogP contribution in [0.4, 0.5) is 0 Å². The summed E-state index contributed by atoms with van der Waals surface area (Å²) in [6.07, 6.45) is 6.92. The number of aliphatic hydroxyl groups is 1. The van der Waals surface area contributed by atoms with Gasteiger partial charge in [0.2, 0.25) is 0 Å². The number of nitrogens with two attached hydrogens (primary N) is 1. The van der Waals surface area contributed by atoms with Gasteiger partial charge in [0, 0.05) is 17.5 Å². The van der Waals surface area contributed by atoms with E-state index < -0.39 is 0 Å². The fourth-order valence-electron chi connectivity index (χ4n) is 3.17. The predicted octanol–water partition coefficient (Wildman–Crippen LogP) is 3.71. The van der Waals surface area contributed by atoms with Crippen molar-refractivity contribution in [2.45, 2.75) is 50.5 Å². The number of rotatable bonds is 6. The summed E-state index contributed by atoms with van der Waals surface area (Å²) in [4.78, 5) is 0. The van der Waals surface area contributed by atoms with E-state index in [0.29, 0.717) is 11.6 Å². The van der Waals surface area contributed by atoms with Gasteiger partial charge >= 0.3 is 0 Å². The standard InChI is InChI=1S/C16H24ClNO/c17-15-8-4-3-7-13(15)14(11-18)16(19)10-9-12-5-1-2-6-12/h3-4,7-8,12,14,16,19H,1-2,5-6,9-11,18H2. The van der Waals surface area contributed by atoms with E-state index in [4.69, 9.17) is 17.3 Å². The minimum atomic E-state index is -0.384. The summed E-state index contributed by atoms with van der Waals surface area (Å²) in [6.45, 7) is 0.440. The van der Waals surface area contributed by atoms with Crippen molar-refractivity contribution in [2.75, 3.05) is 6.54 Å². The summed E-state index contributed by atoms with van der Waals surface area (Å²) >= 11 is 6.20. The van der Waals surface area contributed by atoms with Crippen molar-refractivity contribution in [3.63, 3.8) is 0 Å². The molecule has 0 heterocycles. The molecule has 2 nitrogen and oxygen atoms in total. The van der Waals surface area contributed by atoms with Crippen molar-refractivity contribution >= 4 is 11.6 Å². The predicted molar refractivity (Wildman–Crippen MR) is 80.4 cm³/mol. The monoisotopic (exact) mass is 281 g/mol. The van der Waals surface area contributed by atoms with Crippen molar-refractivity contribution in [2.24, 2.45) is 11.7 Å². The molecule has 0 radical (unpaired) electrons. The average Bonchev–Trinajstić information content (AvgIpc) is 2.92. The third-order valence-electron chi connectivity index (χ3n) is 4.37. The van der Waals surface area contributed by atoms with Gasteiger partial charge in [0.25, 0.3) is 0 Å². The highest BCUT2D eigenvalue weighted by Crippen LogP contribution is 2.32. The largest absolute Gasteiger partial charge is 0.392 e. The first kappa shape index (κ1) is 14.8. The number of benzene rings is 1. The molecule has 1 aliphatic carbocycles. The van der Waals surface area contributed by atoms with Crippen LogP contribution in [0.3, 0.4) is 0 Å². The first-order valence-corrected chi connectivity index (χ1v) is 7.72.